The molecule has 0 saturated carbocycles. The molecule has 3 N–H and O–H groups in total. The Morgan fingerprint density at radius 1 is 1.32 bits per heavy atom. The van der Waals surface area contributed by atoms with Gasteiger partial charge in [0.25, 0.3) is 0 Å². The molecule has 2 amide bonds. The molecule has 0 aliphatic rings. The lowest BCUT2D eigenvalue weighted by atomic mass is 10.1. The predicted molar refractivity (Wildman–Crippen MR) is 76.2 cm³/mol. The maximum Gasteiger partial charge on any atom is 0.326 e. The molecule has 0 spiro atoms. The van der Waals surface area contributed by atoms with E-state index in [2.05, 4.69) is 33.1 Å². The topological polar surface area (TPSA) is 78.4 Å². The highest BCUT2D eigenvalue weighted by atomic mass is 79.9. The van der Waals surface area contributed by atoms with Gasteiger partial charge in [0.15, 0.2) is 0 Å². The third-order valence-electron chi connectivity index (χ3n) is 2.33. The Bertz CT molecular complexity index is 462. The molecule has 0 aliphatic heterocycles. The molecule has 19 heavy (non-hydrogen) atoms. The number of urea groups is 1. The predicted octanol–water partition coefficient (Wildman–Crippen LogP) is 1.89. The van der Waals surface area contributed by atoms with Crippen LogP contribution in [0.5, 0.6) is 0 Å². The summed E-state index contributed by atoms with van der Waals surface area (Å²) >= 11 is 3.10. The monoisotopic (exact) mass is 326 g/mol. The zero-order valence-electron chi connectivity index (χ0n) is 10.2. The van der Waals surface area contributed by atoms with Gasteiger partial charge in [-0.05, 0) is 5.56 Å². The van der Waals surface area contributed by atoms with Gasteiger partial charge in [-0.2, -0.15) is 0 Å². The fraction of sp³-hybridized carbons (Fsp3) is 0.231. The minimum absolute atomic E-state index is 0.235. The van der Waals surface area contributed by atoms with Gasteiger partial charge in [0, 0.05) is 10.9 Å². The number of carbonyl (C=O) groups excluding carboxylic acids is 1. The number of benzene rings is 1. The van der Waals surface area contributed by atoms with Crippen LogP contribution in [0.4, 0.5) is 4.79 Å². The van der Waals surface area contributed by atoms with Gasteiger partial charge in [0.1, 0.15) is 6.04 Å². The van der Waals surface area contributed by atoms with Crippen molar-refractivity contribution in [3.63, 3.8) is 0 Å². The minimum atomic E-state index is -1.07. The summed E-state index contributed by atoms with van der Waals surface area (Å²) in [6.45, 7) is 3.81. The highest BCUT2D eigenvalue weighted by molar-refractivity contribution is 9.11. The molecule has 0 heterocycles. The van der Waals surface area contributed by atoms with Crippen LogP contribution in [0.25, 0.3) is 0 Å². The van der Waals surface area contributed by atoms with Crippen LogP contribution >= 0.6 is 15.9 Å². The second kappa shape index (κ2) is 7.58. The lowest BCUT2D eigenvalue weighted by molar-refractivity contribution is -0.139. The Morgan fingerprint density at radius 2 is 1.95 bits per heavy atom. The van der Waals surface area contributed by atoms with Gasteiger partial charge < -0.3 is 15.7 Å². The van der Waals surface area contributed by atoms with E-state index in [0.29, 0.717) is 4.48 Å². The van der Waals surface area contributed by atoms with Crippen molar-refractivity contribution in [3.8, 4) is 0 Å². The Labute approximate surface area is 119 Å². The highest BCUT2D eigenvalue weighted by Gasteiger charge is 2.20. The van der Waals surface area contributed by atoms with E-state index in [1.807, 2.05) is 30.3 Å². The van der Waals surface area contributed by atoms with Gasteiger partial charge >= 0.3 is 12.0 Å². The van der Waals surface area contributed by atoms with Crippen LogP contribution < -0.4 is 10.6 Å². The summed E-state index contributed by atoms with van der Waals surface area (Å²) in [5.74, 6) is -1.07. The van der Waals surface area contributed by atoms with Gasteiger partial charge in [-0.15, -0.1) is 0 Å². The van der Waals surface area contributed by atoms with E-state index in [4.69, 9.17) is 5.11 Å². The molecular weight excluding hydrogens is 312 g/mol. The van der Waals surface area contributed by atoms with E-state index < -0.39 is 18.0 Å². The summed E-state index contributed by atoms with van der Waals surface area (Å²) in [4.78, 5) is 22.6. The second-order valence-electron chi connectivity index (χ2n) is 3.92. The van der Waals surface area contributed by atoms with Crippen molar-refractivity contribution < 1.29 is 14.7 Å². The molecule has 0 saturated heterocycles. The van der Waals surface area contributed by atoms with Gasteiger partial charge in [0.05, 0.1) is 6.54 Å². The zero-order chi connectivity index (χ0) is 14.3. The molecule has 102 valence electrons. The Morgan fingerprint density at radius 3 is 2.47 bits per heavy atom. The van der Waals surface area contributed by atoms with Crippen LogP contribution in [0.15, 0.2) is 41.4 Å². The minimum Gasteiger partial charge on any atom is -0.480 e. The first kappa shape index (κ1) is 15.2. The summed E-state index contributed by atoms with van der Waals surface area (Å²) < 4.78 is 0.609. The van der Waals surface area contributed by atoms with Gasteiger partial charge in [-0.1, -0.05) is 52.8 Å². The number of carbonyl (C=O) groups is 2. The number of rotatable bonds is 6. The SMILES string of the molecule is C=C(Br)CNC(=O)N[C@H](Cc1ccccc1)C(=O)O. The maximum absolute atomic E-state index is 11.5. The van der Waals surface area contributed by atoms with Crippen LogP contribution in [-0.4, -0.2) is 29.7 Å². The molecule has 0 fully saturated rings. The summed E-state index contributed by atoms with van der Waals surface area (Å²) in [6, 6.07) is 7.62. The number of hydrogen-bond donors (Lipinski definition) is 3. The molecule has 0 aromatic heterocycles. The molecule has 1 atom stereocenters. The number of amides is 2. The van der Waals surface area contributed by atoms with Crippen molar-refractivity contribution in [2.45, 2.75) is 12.5 Å². The molecule has 0 bridgehead atoms. The van der Waals surface area contributed by atoms with Crippen molar-refractivity contribution >= 4 is 27.9 Å². The average Bonchev–Trinajstić information content (AvgIpc) is 2.36. The van der Waals surface area contributed by atoms with Crippen molar-refractivity contribution in [1.29, 1.82) is 0 Å². The number of carboxylic acids is 1. The number of carboxylic acid groups (broad SMARTS) is 1. The first-order valence-corrected chi connectivity index (χ1v) is 6.42. The van der Waals surface area contributed by atoms with E-state index in [9.17, 15) is 9.59 Å². The van der Waals surface area contributed by atoms with Crippen LogP contribution in [0.2, 0.25) is 0 Å². The lowest BCUT2D eigenvalue weighted by Crippen LogP contribution is -2.47. The van der Waals surface area contributed by atoms with E-state index in [0.717, 1.165) is 5.56 Å². The Kier molecular flexibility index (Phi) is 6.08. The summed E-state index contributed by atoms with van der Waals surface area (Å²) in [5, 5.41) is 14.0. The molecule has 0 radical (unpaired) electrons. The second-order valence-corrected chi connectivity index (χ2v) is 5.05. The molecule has 1 aromatic carbocycles. The van der Waals surface area contributed by atoms with E-state index in [1.54, 1.807) is 0 Å². The van der Waals surface area contributed by atoms with Crippen LogP contribution in [0, 0.1) is 0 Å². The zero-order valence-corrected chi connectivity index (χ0v) is 11.8. The summed E-state index contributed by atoms with van der Waals surface area (Å²) in [5.41, 5.74) is 0.847. The van der Waals surface area contributed by atoms with Crippen molar-refractivity contribution in [3.05, 3.63) is 47.0 Å². The summed E-state index contributed by atoms with van der Waals surface area (Å²) in [6.07, 6.45) is 0.235. The van der Waals surface area contributed by atoms with E-state index in [1.165, 1.54) is 0 Å². The fourth-order valence-corrected chi connectivity index (χ4v) is 1.58. The molecule has 1 rings (SSSR count). The van der Waals surface area contributed by atoms with Crippen LogP contribution in [0.3, 0.4) is 0 Å². The average molecular weight is 327 g/mol. The molecule has 5 nitrogen and oxygen atoms in total. The third kappa shape index (κ3) is 6.05. The number of hydrogen-bond acceptors (Lipinski definition) is 2. The van der Waals surface area contributed by atoms with Crippen LogP contribution in [-0.2, 0) is 11.2 Å². The van der Waals surface area contributed by atoms with Gasteiger partial charge in [0.2, 0.25) is 0 Å². The Balaban J connectivity index is 2.56. The van der Waals surface area contributed by atoms with E-state index >= 15 is 0 Å². The standard InChI is InChI=1S/C13H15BrN2O3/c1-9(14)8-15-13(19)16-11(12(17)18)7-10-5-3-2-4-6-10/h2-6,11H,1,7-8H2,(H,17,18)(H2,15,16,19)/t11-/m1/s1. The van der Waals surface area contributed by atoms with E-state index in [-0.39, 0.29) is 13.0 Å². The first-order chi connectivity index (χ1) is 8.99. The van der Waals surface area contributed by atoms with Crippen molar-refractivity contribution in [2.75, 3.05) is 6.54 Å². The Hall–Kier alpha value is -1.82. The third-order valence-corrected chi connectivity index (χ3v) is 2.61. The van der Waals surface area contributed by atoms with Crippen molar-refractivity contribution in [2.24, 2.45) is 0 Å². The largest absolute Gasteiger partial charge is 0.480 e. The summed E-state index contributed by atoms with van der Waals surface area (Å²) in [7, 11) is 0. The van der Waals surface area contributed by atoms with Crippen molar-refractivity contribution in [1.82, 2.24) is 10.6 Å². The first-order valence-electron chi connectivity index (χ1n) is 5.63. The molecule has 1 aromatic rings. The maximum atomic E-state index is 11.5. The van der Waals surface area contributed by atoms with Gasteiger partial charge in [-0.25, -0.2) is 9.59 Å². The molecule has 6 heteroatoms. The van der Waals surface area contributed by atoms with Gasteiger partial charge in [-0.3, -0.25) is 0 Å². The van der Waals surface area contributed by atoms with Crippen LogP contribution in [0.1, 0.15) is 5.56 Å². The number of aliphatic carboxylic acids is 1. The number of nitrogens with one attached hydrogen (secondary N) is 2. The highest BCUT2D eigenvalue weighted by Crippen LogP contribution is 2.03. The fourth-order valence-electron chi connectivity index (χ4n) is 1.44. The lowest BCUT2D eigenvalue weighted by Gasteiger charge is -2.15. The molecule has 0 aliphatic carbocycles. The quantitative estimate of drug-likeness (QED) is 0.747. The molecular formula is C13H15BrN2O3. The smallest absolute Gasteiger partial charge is 0.326 e. The molecule has 0 unspecified atom stereocenters. The normalized spacial score (nSPS) is 11.4. The number of halogens is 1.